The van der Waals surface area contributed by atoms with Crippen molar-refractivity contribution in [2.75, 3.05) is 19.7 Å². The number of carbonyl (C=O) groups is 1. The van der Waals surface area contributed by atoms with Gasteiger partial charge in [-0.3, -0.25) is 4.79 Å². The molecule has 1 saturated heterocycles. The molecule has 3 atom stereocenters. The molecule has 1 heterocycles. The molecule has 132 valence electrons. The number of rotatable bonds is 5. The number of hydrogen-bond acceptors (Lipinski definition) is 4. The fourth-order valence-electron chi connectivity index (χ4n) is 4.10. The lowest BCUT2D eigenvalue weighted by molar-refractivity contribution is -0.210. The zero-order valence-corrected chi connectivity index (χ0v) is 14.2. The molecule has 5 nitrogen and oxygen atoms in total. The lowest BCUT2D eigenvalue weighted by Gasteiger charge is -2.56. The van der Waals surface area contributed by atoms with Gasteiger partial charge < -0.3 is 19.8 Å². The van der Waals surface area contributed by atoms with Gasteiger partial charge in [0.1, 0.15) is 6.10 Å². The van der Waals surface area contributed by atoms with Crippen LogP contribution in [0, 0.1) is 5.41 Å². The smallest absolute Gasteiger partial charge is 0.251 e. The molecule has 0 radical (unpaired) electrons. The van der Waals surface area contributed by atoms with Crippen molar-refractivity contribution < 1.29 is 19.7 Å². The summed E-state index contributed by atoms with van der Waals surface area (Å²) in [6.07, 6.45) is 1.27. The Kier molecular flexibility index (Phi) is 5.23. The number of hydrogen-bond donors (Lipinski definition) is 2. The molecule has 0 unspecified atom stereocenters. The van der Waals surface area contributed by atoms with Crippen molar-refractivity contribution in [1.29, 1.82) is 0 Å². The van der Waals surface area contributed by atoms with Gasteiger partial charge in [0.15, 0.2) is 0 Å². The number of amides is 1. The summed E-state index contributed by atoms with van der Waals surface area (Å²) in [4.78, 5) is 14.2. The summed E-state index contributed by atoms with van der Waals surface area (Å²) < 4.78 is 5.75. The van der Waals surface area contributed by atoms with E-state index in [2.05, 4.69) is 0 Å². The minimum Gasteiger partial charge on any atom is -0.392 e. The van der Waals surface area contributed by atoms with Crippen LogP contribution in [-0.4, -0.2) is 59.0 Å². The number of nitrogens with zero attached hydrogens (tertiary/aromatic N) is 1. The summed E-state index contributed by atoms with van der Waals surface area (Å²) in [7, 11) is 0. The molecule has 2 N–H and O–H groups in total. The third-order valence-corrected chi connectivity index (χ3v) is 5.67. The van der Waals surface area contributed by atoms with E-state index < -0.39 is 6.10 Å². The van der Waals surface area contributed by atoms with Crippen LogP contribution in [0.4, 0.5) is 0 Å². The van der Waals surface area contributed by atoms with Gasteiger partial charge in [0.2, 0.25) is 0 Å². The van der Waals surface area contributed by atoms with Gasteiger partial charge in [-0.1, -0.05) is 30.3 Å². The molecule has 5 heteroatoms. The Balaban J connectivity index is 1.55. The maximum absolute atomic E-state index is 12.5. The highest BCUT2D eigenvalue weighted by molar-refractivity contribution is 5.81. The average molecular weight is 333 g/mol. The summed E-state index contributed by atoms with van der Waals surface area (Å²) in [5, 5.41) is 20.5. The highest BCUT2D eigenvalue weighted by Gasteiger charge is 2.56. The van der Waals surface area contributed by atoms with Gasteiger partial charge in [-0.15, -0.1) is 0 Å². The van der Waals surface area contributed by atoms with Gasteiger partial charge in [-0.2, -0.15) is 0 Å². The van der Waals surface area contributed by atoms with Crippen LogP contribution in [0.15, 0.2) is 30.3 Å². The van der Waals surface area contributed by atoms with Crippen LogP contribution in [0.2, 0.25) is 0 Å². The molecule has 1 saturated carbocycles. The summed E-state index contributed by atoms with van der Waals surface area (Å²) in [5.41, 5.74) is 0.759. The van der Waals surface area contributed by atoms with Gasteiger partial charge in [0.25, 0.3) is 5.91 Å². The standard InChI is InChI=1S/C19H27NO4/c1-2-24-17-13-16(22)19(17)8-10-20(11-9-19)18(23)15(21)12-14-6-4-3-5-7-14/h3-7,15-17,21-22H,2,8-13H2,1H3/t15-,16+,17+/m0/s1. The Bertz CT molecular complexity index is 552. The predicted octanol–water partition coefficient (Wildman–Crippen LogP) is 1.37. The molecule has 1 aromatic carbocycles. The normalized spacial score (nSPS) is 26.9. The van der Waals surface area contributed by atoms with Gasteiger partial charge in [0, 0.05) is 38.0 Å². The van der Waals surface area contributed by atoms with E-state index >= 15 is 0 Å². The zero-order valence-electron chi connectivity index (χ0n) is 14.2. The van der Waals surface area contributed by atoms with Crippen molar-refractivity contribution in [2.45, 2.75) is 50.9 Å². The zero-order chi connectivity index (χ0) is 17.2. The second kappa shape index (κ2) is 7.21. The number of aliphatic hydroxyl groups excluding tert-OH is 2. The minimum atomic E-state index is -1.00. The number of carbonyl (C=O) groups excluding carboxylic acids is 1. The number of likely N-dealkylation sites (tertiary alicyclic amines) is 1. The van der Waals surface area contributed by atoms with Gasteiger partial charge in [-0.05, 0) is 25.3 Å². The van der Waals surface area contributed by atoms with Crippen molar-refractivity contribution in [1.82, 2.24) is 4.90 Å². The predicted molar refractivity (Wildman–Crippen MR) is 90.4 cm³/mol. The summed E-state index contributed by atoms with van der Waals surface area (Å²) in [6.45, 7) is 3.77. The molecule has 1 aromatic rings. The van der Waals surface area contributed by atoms with E-state index in [1.54, 1.807) is 4.90 Å². The first-order chi connectivity index (χ1) is 11.6. The highest BCUT2D eigenvalue weighted by Crippen LogP contribution is 2.50. The van der Waals surface area contributed by atoms with E-state index in [0.29, 0.717) is 32.5 Å². The fraction of sp³-hybridized carbons (Fsp3) is 0.632. The number of piperidine rings is 1. The Morgan fingerprint density at radius 2 is 2.00 bits per heavy atom. The van der Waals surface area contributed by atoms with Crippen LogP contribution in [0.3, 0.4) is 0 Å². The van der Waals surface area contributed by atoms with Crippen molar-refractivity contribution in [3.63, 3.8) is 0 Å². The van der Waals surface area contributed by atoms with E-state index in [4.69, 9.17) is 4.74 Å². The molecule has 24 heavy (non-hydrogen) atoms. The average Bonchev–Trinajstić information content (AvgIpc) is 2.62. The highest BCUT2D eigenvalue weighted by atomic mass is 16.5. The van der Waals surface area contributed by atoms with Gasteiger partial charge in [-0.25, -0.2) is 0 Å². The maximum atomic E-state index is 12.5. The quantitative estimate of drug-likeness (QED) is 0.854. The monoisotopic (exact) mass is 333 g/mol. The third-order valence-electron chi connectivity index (χ3n) is 5.67. The molecular formula is C19H27NO4. The second-order valence-electron chi connectivity index (χ2n) is 6.96. The van der Waals surface area contributed by atoms with E-state index in [-0.39, 0.29) is 23.5 Å². The van der Waals surface area contributed by atoms with Crippen LogP contribution in [0.25, 0.3) is 0 Å². The first-order valence-electron chi connectivity index (χ1n) is 8.87. The van der Waals surface area contributed by atoms with E-state index in [1.165, 1.54) is 0 Å². The Morgan fingerprint density at radius 3 is 2.58 bits per heavy atom. The number of aliphatic hydroxyl groups is 2. The molecule has 1 aliphatic carbocycles. The Labute approximate surface area is 143 Å². The molecule has 1 amide bonds. The Morgan fingerprint density at radius 1 is 1.33 bits per heavy atom. The van der Waals surface area contributed by atoms with Crippen molar-refractivity contribution in [3.8, 4) is 0 Å². The van der Waals surface area contributed by atoms with Crippen LogP contribution in [0.1, 0.15) is 31.7 Å². The molecule has 2 fully saturated rings. The number of benzene rings is 1. The van der Waals surface area contributed by atoms with E-state index in [0.717, 1.165) is 18.4 Å². The van der Waals surface area contributed by atoms with Gasteiger partial charge in [0.05, 0.1) is 12.2 Å². The molecule has 2 aliphatic rings. The van der Waals surface area contributed by atoms with Crippen molar-refractivity contribution in [2.24, 2.45) is 5.41 Å². The fourth-order valence-corrected chi connectivity index (χ4v) is 4.10. The summed E-state index contributed by atoms with van der Waals surface area (Å²) >= 11 is 0. The van der Waals surface area contributed by atoms with E-state index in [1.807, 2.05) is 37.3 Å². The first kappa shape index (κ1) is 17.4. The molecule has 1 spiro atoms. The van der Waals surface area contributed by atoms with Crippen LogP contribution in [0.5, 0.6) is 0 Å². The maximum Gasteiger partial charge on any atom is 0.251 e. The molecular weight excluding hydrogens is 306 g/mol. The van der Waals surface area contributed by atoms with Gasteiger partial charge >= 0.3 is 0 Å². The van der Waals surface area contributed by atoms with E-state index in [9.17, 15) is 15.0 Å². The summed E-state index contributed by atoms with van der Waals surface area (Å²) in [6, 6.07) is 9.56. The molecule has 0 aromatic heterocycles. The Hall–Kier alpha value is -1.43. The third kappa shape index (κ3) is 3.21. The molecule has 0 bridgehead atoms. The lowest BCUT2D eigenvalue weighted by atomic mass is 9.58. The van der Waals surface area contributed by atoms with Crippen molar-refractivity contribution >= 4 is 5.91 Å². The SMILES string of the molecule is CCO[C@@H]1C[C@@H](O)C12CCN(C(=O)[C@@H](O)Cc1ccccc1)CC2. The van der Waals surface area contributed by atoms with Crippen LogP contribution < -0.4 is 0 Å². The minimum absolute atomic E-state index is 0.101. The first-order valence-corrected chi connectivity index (χ1v) is 8.87. The molecule has 1 aliphatic heterocycles. The van der Waals surface area contributed by atoms with Crippen molar-refractivity contribution in [3.05, 3.63) is 35.9 Å². The molecule has 3 rings (SSSR count). The van der Waals surface area contributed by atoms with Crippen LogP contribution in [-0.2, 0) is 16.0 Å². The number of ether oxygens (including phenoxy) is 1. The second-order valence-corrected chi connectivity index (χ2v) is 6.96. The topological polar surface area (TPSA) is 70.0 Å². The van der Waals surface area contributed by atoms with Crippen LogP contribution >= 0.6 is 0 Å². The summed E-state index contributed by atoms with van der Waals surface area (Å²) in [5.74, 6) is -0.213. The lowest BCUT2D eigenvalue weighted by Crippen LogP contribution is -2.63. The largest absolute Gasteiger partial charge is 0.392 e.